The van der Waals surface area contributed by atoms with Gasteiger partial charge >= 0.3 is 0 Å². The summed E-state index contributed by atoms with van der Waals surface area (Å²) in [7, 11) is 3.85. The maximum Gasteiger partial charge on any atom is 0.291 e. The molecular formula is C23H22N2O5. The zero-order valence-corrected chi connectivity index (χ0v) is 17.0. The van der Waals surface area contributed by atoms with Crippen LogP contribution in [0.4, 0.5) is 5.69 Å². The van der Waals surface area contributed by atoms with E-state index in [1.54, 1.807) is 25.1 Å². The maximum atomic E-state index is 13.2. The first-order chi connectivity index (χ1) is 14.4. The number of carbonyl (C=O) groups excluding carboxylic acids is 3. The Labute approximate surface area is 173 Å². The topological polar surface area (TPSA) is 84.0 Å². The van der Waals surface area contributed by atoms with Gasteiger partial charge < -0.3 is 18.6 Å². The van der Waals surface area contributed by atoms with Crippen LogP contribution in [-0.2, 0) is 16.1 Å². The Balaban J connectivity index is 1.77. The number of hydrogen-bond donors (Lipinski definition) is 0. The molecule has 7 heteroatoms. The number of Topliss-reactive ketones (excluding diaryl/α,β-unsaturated/α-hetero) is 2. The molecule has 1 aliphatic rings. The van der Waals surface area contributed by atoms with Gasteiger partial charge in [-0.15, -0.1) is 0 Å². The molecule has 0 saturated carbocycles. The molecule has 4 rings (SSSR count). The SMILES string of the molecule is Cc1ccc(C(=O)C2C(=O)C(=O)N(Cc3ccco3)C2c2ccc(N(C)C)cc2)o1. The van der Waals surface area contributed by atoms with Crippen LogP contribution >= 0.6 is 0 Å². The number of furan rings is 2. The Morgan fingerprint density at radius 1 is 1.07 bits per heavy atom. The van der Waals surface area contributed by atoms with E-state index in [2.05, 4.69) is 0 Å². The average molecular weight is 406 g/mol. The van der Waals surface area contributed by atoms with Crippen molar-refractivity contribution >= 4 is 23.2 Å². The Morgan fingerprint density at radius 2 is 1.80 bits per heavy atom. The second-order valence-electron chi connectivity index (χ2n) is 7.56. The van der Waals surface area contributed by atoms with E-state index in [9.17, 15) is 14.4 Å². The van der Waals surface area contributed by atoms with Crippen LogP contribution in [0.2, 0.25) is 0 Å². The molecule has 154 valence electrons. The van der Waals surface area contributed by atoms with Gasteiger partial charge in [0.15, 0.2) is 5.76 Å². The van der Waals surface area contributed by atoms with Crippen molar-refractivity contribution < 1.29 is 23.2 Å². The molecule has 2 aromatic heterocycles. The molecule has 0 radical (unpaired) electrons. The maximum absolute atomic E-state index is 13.2. The fraction of sp³-hybridized carbons (Fsp3) is 0.261. The van der Waals surface area contributed by atoms with Gasteiger partial charge in [0.2, 0.25) is 11.6 Å². The minimum atomic E-state index is -1.18. The molecule has 3 aromatic rings. The van der Waals surface area contributed by atoms with Gasteiger partial charge in [-0.1, -0.05) is 12.1 Å². The molecule has 1 aliphatic heterocycles. The van der Waals surface area contributed by atoms with E-state index in [0.29, 0.717) is 17.1 Å². The highest BCUT2D eigenvalue weighted by Crippen LogP contribution is 2.39. The molecule has 0 N–H and O–H groups in total. The summed E-state index contributed by atoms with van der Waals surface area (Å²) in [5, 5.41) is 0. The van der Waals surface area contributed by atoms with Gasteiger partial charge in [0, 0.05) is 19.8 Å². The van der Waals surface area contributed by atoms with Crippen LogP contribution in [0.5, 0.6) is 0 Å². The number of aryl methyl sites for hydroxylation is 1. The van der Waals surface area contributed by atoms with Gasteiger partial charge in [-0.2, -0.15) is 0 Å². The van der Waals surface area contributed by atoms with Crippen LogP contribution in [0.15, 0.2) is 63.6 Å². The lowest BCUT2D eigenvalue weighted by atomic mass is 9.88. The molecule has 0 aliphatic carbocycles. The molecule has 1 amide bonds. The highest BCUT2D eigenvalue weighted by atomic mass is 16.3. The monoisotopic (exact) mass is 406 g/mol. The fourth-order valence-corrected chi connectivity index (χ4v) is 3.79. The van der Waals surface area contributed by atoms with Gasteiger partial charge in [0.05, 0.1) is 18.8 Å². The summed E-state index contributed by atoms with van der Waals surface area (Å²) in [6.45, 7) is 1.82. The predicted octanol–water partition coefficient (Wildman–Crippen LogP) is 3.40. The normalized spacial score (nSPS) is 18.8. The number of anilines is 1. The summed E-state index contributed by atoms with van der Waals surface area (Å²) in [5.41, 5.74) is 1.67. The molecule has 0 spiro atoms. The van der Waals surface area contributed by atoms with Crippen LogP contribution < -0.4 is 4.90 Å². The summed E-state index contributed by atoms with van der Waals surface area (Å²) in [6, 6.07) is 13.4. The van der Waals surface area contributed by atoms with Crippen LogP contribution in [-0.4, -0.2) is 36.5 Å². The third-order valence-electron chi connectivity index (χ3n) is 5.33. The van der Waals surface area contributed by atoms with Crippen molar-refractivity contribution in [1.29, 1.82) is 0 Å². The van der Waals surface area contributed by atoms with E-state index in [4.69, 9.17) is 8.83 Å². The first kappa shape index (κ1) is 19.7. The third-order valence-corrected chi connectivity index (χ3v) is 5.33. The summed E-state index contributed by atoms with van der Waals surface area (Å²) < 4.78 is 10.8. The quantitative estimate of drug-likeness (QED) is 0.354. The molecule has 1 fully saturated rings. The zero-order chi connectivity index (χ0) is 21.4. The summed E-state index contributed by atoms with van der Waals surface area (Å²) >= 11 is 0. The summed E-state index contributed by atoms with van der Waals surface area (Å²) in [6.07, 6.45) is 1.51. The standard InChI is InChI=1S/C23H22N2O5/c1-14-6-11-18(30-14)21(26)19-20(15-7-9-16(10-8-15)24(2)3)25(23(28)22(19)27)13-17-5-4-12-29-17/h4-12,19-20H,13H2,1-3H3. The highest BCUT2D eigenvalue weighted by molar-refractivity contribution is 6.43. The van der Waals surface area contributed by atoms with E-state index < -0.39 is 29.4 Å². The van der Waals surface area contributed by atoms with E-state index in [1.165, 1.54) is 17.2 Å². The van der Waals surface area contributed by atoms with E-state index >= 15 is 0 Å². The van der Waals surface area contributed by atoms with Crippen molar-refractivity contribution in [3.05, 3.63) is 77.6 Å². The summed E-state index contributed by atoms with van der Waals surface area (Å²) in [5.74, 6) is -1.93. The molecule has 7 nitrogen and oxygen atoms in total. The third kappa shape index (κ3) is 3.43. The number of benzene rings is 1. The van der Waals surface area contributed by atoms with Gasteiger partial charge in [-0.05, 0) is 48.9 Å². The minimum absolute atomic E-state index is 0.0772. The van der Waals surface area contributed by atoms with Crippen molar-refractivity contribution in [3.8, 4) is 0 Å². The number of ketones is 2. The largest absolute Gasteiger partial charge is 0.467 e. The van der Waals surface area contributed by atoms with Crippen LogP contribution in [0.25, 0.3) is 0 Å². The number of hydrogen-bond acceptors (Lipinski definition) is 6. The molecule has 2 atom stereocenters. The van der Waals surface area contributed by atoms with Crippen molar-refractivity contribution in [3.63, 3.8) is 0 Å². The van der Waals surface area contributed by atoms with E-state index in [1.807, 2.05) is 43.3 Å². The molecular weight excluding hydrogens is 384 g/mol. The van der Waals surface area contributed by atoms with E-state index in [0.717, 1.165) is 5.69 Å². The summed E-state index contributed by atoms with van der Waals surface area (Å²) in [4.78, 5) is 42.4. The number of likely N-dealkylation sites (tertiary alicyclic amines) is 1. The highest BCUT2D eigenvalue weighted by Gasteiger charge is 2.52. The smallest absolute Gasteiger partial charge is 0.291 e. The number of carbonyl (C=O) groups is 3. The van der Waals surface area contributed by atoms with E-state index in [-0.39, 0.29) is 12.3 Å². The van der Waals surface area contributed by atoms with Crippen molar-refractivity contribution in [1.82, 2.24) is 4.90 Å². The van der Waals surface area contributed by atoms with Gasteiger partial charge in [-0.3, -0.25) is 14.4 Å². The Kier molecular flexibility index (Phi) is 5.03. The van der Waals surface area contributed by atoms with Crippen molar-refractivity contribution in [2.45, 2.75) is 19.5 Å². The molecule has 1 saturated heterocycles. The van der Waals surface area contributed by atoms with Gasteiger partial charge in [0.25, 0.3) is 5.91 Å². The molecule has 0 bridgehead atoms. The number of nitrogens with zero attached hydrogens (tertiary/aromatic N) is 2. The zero-order valence-electron chi connectivity index (χ0n) is 17.0. The molecule has 2 unspecified atom stereocenters. The first-order valence-corrected chi connectivity index (χ1v) is 9.62. The number of amides is 1. The molecule has 3 heterocycles. The first-order valence-electron chi connectivity index (χ1n) is 9.62. The number of rotatable bonds is 6. The Bertz CT molecular complexity index is 1080. The Morgan fingerprint density at radius 3 is 2.37 bits per heavy atom. The minimum Gasteiger partial charge on any atom is -0.467 e. The van der Waals surface area contributed by atoms with Crippen molar-refractivity contribution in [2.75, 3.05) is 19.0 Å². The lowest BCUT2D eigenvalue weighted by Gasteiger charge is -2.26. The Hall–Kier alpha value is -3.61. The molecule has 1 aromatic carbocycles. The van der Waals surface area contributed by atoms with Crippen LogP contribution in [0, 0.1) is 12.8 Å². The fourth-order valence-electron chi connectivity index (χ4n) is 3.79. The second kappa shape index (κ2) is 7.67. The van der Waals surface area contributed by atoms with Crippen molar-refractivity contribution in [2.24, 2.45) is 5.92 Å². The van der Waals surface area contributed by atoms with Gasteiger partial charge in [-0.25, -0.2) is 0 Å². The second-order valence-corrected chi connectivity index (χ2v) is 7.56. The molecule has 30 heavy (non-hydrogen) atoms. The lowest BCUT2D eigenvalue weighted by molar-refractivity contribution is -0.141. The van der Waals surface area contributed by atoms with Gasteiger partial charge in [0.1, 0.15) is 17.4 Å². The van der Waals surface area contributed by atoms with Crippen LogP contribution in [0.3, 0.4) is 0 Å². The van der Waals surface area contributed by atoms with Crippen LogP contribution in [0.1, 0.15) is 33.7 Å². The lowest BCUT2D eigenvalue weighted by Crippen LogP contribution is -2.30. The average Bonchev–Trinajstić information content (AvgIpc) is 3.45. The predicted molar refractivity (Wildman–Crippen MR) is 109 cm³/mol.